The quantitative estimate of drug-likeness (QED) is 0.596. The second-order valence-electron chi connectivity index (χ2n) is 4.25. The van der Waals surface area contributed by atoms with Gasteiger partial charge in [0.25, 0.3) is 0 Å². The van der Waals surface area contributed by atoms with E-state index in [0.29, 0.717) is 13.0 Å². The first-order valence-electron chi connectivity index (χ1n) is 6.19. The molecule has 4 N–H and O–H groups in total. The van der Waals surface area contributed by atoms with Gasteiger partial charge < -0.3 is 11.1 Å². The van der Waals surface area contributed by atoms with E-state index in [0.717, 1.165) is 43.5 Å². The second-order valence-corrected chi connectivity index (χ2v) is 4.25. The van der Waals surface area contributed by atoms with E-state index in [-0.39, 0.29) is 5.91 Å². The number of carbonyl (C=O) groups excluding carboxylic acids is 1. The summed E-state index contributed by atoms with van der Waals surface area (Å²) in [7, 11) is 0. The normalized spacial score (nSPS) is 10.5. The monoisotopic (exact) mass is 238 g/mol. The number of unbranched alkanes of at least 4 members (excludes halogenated alkanes) is 3. The van der Waals surface area contributed by atoms with Crippen LogP contribution in [0.3, 0.4) is 0 Å². The van der Waals surface area contributed by atoms with Crippen molar-refractivity contribution in [2.24, 2.45) is 5.73 Å². The number of carbonyl (C=O) groups is 1. The molecule has 0 unspecified atom stereocenters. The molecule has 96 valence electrons. The van der Waals surface area contributed by atoms with Crippen LogP contribution in [0.2, 0.25) is 0 Å². The highest BCUT2D eigenvalue weighted by Crippen LogP contribution is 2.04. The second kappa shape index (κ2) is 7.84. The molecule has 0 radical (unpaired) electrons. The highest BCUT2D eigenvalue weighted by atomic mass is 16.1. The predicted molar refractivity (Wildman–Crippen MR) is 67.3 cm³/mol. The van der Waals surface area contributed by atoms with Gasteiger partial charge >= 0.3 is 0 Å². The fourth-order valence-electron chi connectivity index (χ4n) is 1.62. The summed E-state index contributed by atoms with van der Waals surface area (Å²) >= 11 is 0. The van der Waals surface area contributed by atoms with Gasteiger partial charge in [0.05, 0.1) is 6.20 Å². The Morgan fingerprint density at radius 3 is 2.82 bits per heavy atom. The maximum absolute atomic E-state index is 11.5. The summed E-state index contributed by atoms with van der Waals surface area (Å²) < 4.78 is 0. The van der Waals surface area contributed by atoms with E-state index >= 15 is 0 Å². The molecule has 0 saturated heterocycles. The fraction of sp³-hybridized carbons (Fsp3) is 0.667. The minimum absolute atomic E-state index is 0.110. The van der Waals surface area contributed by atoms with Crippen LogP contribution < -0.4 is 11.1 Å². The average Bonchev–Trinajstić information content (AvgIpc) is 2.72. The zero-order valence-corrected chi connectivity index (χ0v) is 10.5. The van der Waals surface area contributed by atoms with Crippen LogP contribution in [0.5, 0.6) is 0 Å². The predicted octanol–water partition coefficient (Wildman–Crippen LogP) is 1.24. The lowest BCUT2D eigenvalue weighted by atomic mass is 10.1. The third-order valence-electron chi connectivity index (χ3n) is 2.77. The van der Waals surface area contributed by atoms with Gasteiger partial charge in [-0.1, -0.05) is 12.8 Å². The standard InChI is InChI=1S/C12H22N4O/c1-10-11(9-15-16-10)8-14-12(17)6-4-2-3-5-7-13/h9H,2-8,13H2,1H3,(H,14,17)(H,15,16). The van der Waals surface area contributed by atoms with Crippen molar-refractivity contribution < 1.29 is 4.79 Å². The number of aromatic amines is 1. The summed E-state index contributed by atoms with van der Waals surface area (Å²) in [5.41, 5.74) is 7.45. The van der Waals surface area contributed by atoms with Gasteiger partial charge in [0, 0.05) is 24.2 Å². The largest absolute Gasteiger partial charge is 0.352 e. The van der Waals surface area contributed by atoms with E-state index in [1.807, 2.05) is 6.92 Å². The van der Waals surface area contributed by atoms with Crippen LogP contribution in [0.25, 0.3) is 0 Å². The van der Waals surface area contributed by atoms with E-state index in [1.165, 1.54) is 0 Å². The highest BCUT2D eigenvalue weighted by Gasteiger charge is 2.03. The number of nitrogens with two attached hydrogens (primary N) is 1. The van der Waals surface area contributed by atoms with Gasteiger partial charge in [0.15, 0.2) is 0 Å². The Bertz CT molecular complexity index is 335. The van der Waals surface area contributed by atoms with Crippen LogP contribution in [-0.2, 0) is 11.3 Å². The molecule has 1 aromatic rings. The Balaban J connectivity index is 2.07. The summed E-state index contributed by atoms with van der Waals surface area (Å²) in [4.78, 5) is 11.5. The van der Waals surface area contributed by atoms with Gasteiger partial charge in [-0.15, -0.1) is 0 Å². The van der Waals surface area contributed by atoms with Crippen molar-refractivity contribution in [2.75, 3.05) is 6.54 Å². The van der Waals surface area contributed by atoms with Gasteiger partial charge in [-0.2, -0.15) is 5.10 Å². The number of nitrogens with zero attached hydrogens (tertiary/aromatic N) is 1. The molecule has 0 aliphatic rings. The van der Waals surface area contributed by atoms with Crippen molar-refractivity contribution in [2.45, 2.75) is 45.6 Å². The zero-order chi connectivity index (χ0) is 12.5. The molecule has 0 aromatic carbocycles. The number of aryl methyl sites for hydroxylation is 1. The van der Waals surface area contributed by atoms with Gasteiger partial charge in [-0.25, -0.2) is 0 Å². The Hall–Kier alpha value is -1.36. The van der Waals surface area contributed by atoms with Crippen molar-refractivity contribution in [3.8, 4) is 0 Å². The summed E-state index contributed by atoms with van der Waals surface area (Å²) in [6.07, 6.45) is 6.53. The fourth-order valence-corrected chi connectivity index (χ4v) is 1.62. The van der Waals surface area contributed by atoms with Crippen LogP contribution in [0.4, 0.5) is 0 Å². The van der Waals surface area contributed by atoms with Crippen molar-refractivity contribution >= 4 is 5.91 Å². The Kier molecular flexibility index (Phi) is 6.32. The van der Waals surface area contributed by atoms with E-state index in [1.54, 1.807) is 6.20 Å². The molecule has 1 aromatic heterocycles. The van der Waals surface area contributed by atoms with Crippen LogP contribution in [0, 0.1) is 6.92 Å². The van der Waals surface area contributed by atoms with Gasteiger partial charge in [-0.05, 0) is 26.3 Å². The molecule has 5 heteroatoms. The van der Waals surface area contributed by atoms with Crippen molar-refractivity contribution in [3.05, 3.63) is 17.5 Å². The highest BCUT2D eigenvalue weighted by molar-refractivity contribution is 5.75. The van der Waals surface area contributed by atoms with E-state index in [9.17, 15) is 4.79 Å². The molecule has 0 atom stereocenters. The third kappa shape index (κ3) is 5.49. The maximum atomic E-state index is 11.5. The molecule has 0 bridgehead atoms. The van der Waals surface area contributed by atoms with Gasteiger partial charge in [0.2, 0.25) is 5.91 Å². The lowest BCUT2D eigenvalue weighted by Gasteiger charge is -2.04. The first-order chi connectivity index (χ1) is 8.24. The van der Waals surface area contributed by atoms with Crippen LogP contribution in [0.15, 0.2) is 6.20 Å². The number of nitrogens with one attached hydrogen (secondary N) is 2. The topological polar surface area (TPSA) is 83.8 Å². The molecule has 0 saturated carbocycles. The molecule has 1 amide bonds. The molecule has 1 heterocycles. The van der Waals surface area contributed by atoms with E-state index < -0.39 is 0 Å². The SMILES string of the molecule is Cc1[nH]ncc1CNC(=O)CCCCCCN. The molecule has 1 rings (SSSR count). The van der Waals surface area contributed by atoms with Gasteiger partial charge in [0.1, 0.15) is 0 Å². The minimum Gasteiger partial charge on any atom is -0.352 e. The van der Waals surface area contributed by atoms with E-state index in [4.69, 9.17) is 5.73 Å². The number of H-pyrrole nitrogens is 1. The third-order valence-corrected chi connectivity index (χ3v) is 2.77. The maximum Gasteiger partial charge on any atom is 0.220 e. The Labute approximate surface area is 102 Å². The minimum atomic E-state index is 0.110. The number of hydrogen-bond donors (Lipinski definition) is 3. The van der Waals surface area contributed by atoms with E-state index in [2.05, 4.69) is 15.5 Å². The number of amides is 1. The van der Waals surface area contributed by atoms with Crippen molar-refractivity contribution in [1.29, 1.82) is 0 Å². The summed E-state index contributed by atoms with van der Waals surface area (Å²) in [6.45, 7) is 3.25. The summed E-state index contributed by atoms with van der Waals surface area (Å²) in [6, 6.07) is 0. The van der Waals surface area contributed by atoms with Crippen LogP contribution in [-0.4, -0.2) is 22.6 Å². The average molecular weight is 238 g/mol. The molecular formula is C12H22N4O. The molecule has 5 nitrogen and oxygen atoms in total. The van der Waals surface area contributed by atoms with Crippen molar-refractivity contribution in [1.82, 2.24) is 15.5 Å². The molecule has 0 aliphatic carbocycles. The molecule has 0 spiro atoms. The zero-order valence-electron chi connectivity index (χ0n) is 10.5. The van der Waals surface area contributed by atoms with Crippen molar-refractivity contribution in [3.63, 3.8) is 0 Å². The molecule has 0 fully saturated rings. The number of rotatable bonds is 8. The molecule has 0 aliphatic heterocycles. The smallest absolute Gasteiger partial charge is 0.220 e. The number of hydrogen-bond acceptors (Lipinski definition) is 3. The van der Waals surface area contributed by atoms with Crippen LogP contribution >= 0.6 is 0 Å². The van der Waals surface area contributed by atoms with Crippen LogP contribution in [0.1, 0.15) is 43.4 Å². The molecule has 17 heavy (non-hydrogen) atoms. The summed E-state index contributed by atoms with van der Waals surface area (Å²) in [5, 5.41) is 9.65. The number of aromatic nitrogens is 2. The lowest BCUT2D eigenvalue weighted by Crippen LogP contribution is -2.22. The Morgan fingerprint density at radius 2 is 2.18 bits per heavy atom. The summed E-state index contributed by atoms with van der Waals surface area (Å²) in [5.74, 6) is 0.110. The first kappa shape index (κ1) is 13.7. The lowest BCUT2D eigenvalue weighted by molar-refractivity contribution is -0.121. The first-order valence-corrected chi connectivity index (χ1v) is 6.19. The van der Waals surface area contributed by atoms with Gasteiger partial charge in [-0.3, -0.25) is 9.89 Å². The Morgan fingerprint density at radius 1 is 1.41 bits per heavy atom. The molecular weight excluding hydrogens is 216 g/mol.